The van der Waals surface area contributed by atoms with Crippen LogP contribution >= 0.6 is 11.8 Å². The van der Waals surface area contributed by atoms with Gasteiger partial charge in [0.2, 0.25) is 0 Å². The molecule has 0 aliphatic rings. The Balaban J connectivity index is 2.03. The van der Waals surface area contributed by atoms with Crippen LogP contribution in [0, 0.1) is 0 Å². The topological polar surface area (TPSA) is 69.4 Å². The first-order chi connectivity index (χ1) is 13.8. The fourth-order valence-electron chi connectivity index (χ4n) is 2.52. The Morgan fingerprint density at radius 1 is 1.03 bits per heavy atom. The number of methoxy groups -OCH3 is 2. The van der Waals surface area contributed by atoms with E-state index in [2.05, 4.69) is 10.2 Å². The minimum absolute atomic E-state index is 0.215. The second-order valence-corrected chi connectivity index (χ2v) is 6.93. The van der Waals surface area contributed by atoms with Crippen LogP contribution in [0.2, 0.25) is 0 Å². The number of hydrogen-bond acceptors (Lipinski definition) is 6. The number of ether oxygens (including phenoxy) is 2. The fourth-order valence-corrected chi connectivity index (χ4v) is 3.44. The number of thioether (sulfide) groups is 1. The van der Waals surface area contributed by atoms with Crippen molar-refractivity contribution in [3.63, 3.8) is 0 Å². The molecule has 0 saturated carbocycles. The first kappa shape index (κ1) is 21.0. The fraction of sp³-hybridized carbons (Fsp3) is 0.263. The summed E-state index contributed by atoms with van der Waals surface area (Å²) in [5, 5.41) is 17.8. The van der Waals surface area contributed by atoms with Gasteiger partial charge in [-0.1, -0.05) is 17.8 Å². The molecule has 1 N–H and O–H groups in total. The lowest BCUT2D eigenvalue weighted by Crippen LogP contribution is -2.30. The van der Waals surface area contributed by atoms with Crippen molar-refractivity contribution in [3.8, 4) is 28.6 Å². The normalized spacial score (nSPS) is 12.6. The Kier molecular flexibility index (Phi) is 6.33. The molecular formula is C19H18F3N3O3S. The smallest absolute Gasteiger partial charge is 0.415 e. The molecule has 1 unspecified atom stereocenters. The SMILES string of the molecule is COc1ccc(-c2nnc(SCC(O)C(F)(F)F)n2-c2cccc(OC)c2)cc1. The molecule has 3 rings (SSSR count). The average molecular weight is 425 g/mol. The van der Waals surface area contributed by atoms with Crippen molar-refractivity contribution < 1.29 is 27.8 Å². The Labute approximate surface area is 169 Å². The molecule has 0 amide bonds. The molecule has 6 nitrogen and oxygen atoms in total. The van der Waals surface area contributed by atoms with Crippen molar-refractivity contribution in [3.05, 3.63) is 48.5 Å². The minimum Gasteiger partial charge on any atom is -0.497 e. The second-order valence-electron chi connectivity index (χ2n) is 5.94. The van der Waals surface area contributed by atoms with E-state index in [0.29, 0.717) is 28.6 Å². The Hall–Kier alpha value is -2.72. The summed E-state index contributed by atoms with van der Waals surface area (Å²) in [6.07, 6.45) is -7.17. The number of aliphatic hydroxyl groups is 1. The number of benzene rings is 2. The molecule has 0 saturated heterocycles. The first-order valence-electron chi connectivity index (χ1n) is 8.45. The molecule has 2 aromatic carbocycles. The molecule has 1 atom stereocenters. The van der Waals surface area contributed by atoms with Gasteiger partial charge in [-0.15, -0.1) is 10.2 Å². The van der Waals surface area contributed by atoms with Gasteiger partial charge < -0.3 is 14.6 Å². The van der Waals surface area contributed by atoms with Gasteiger partial charge >= 0.3 is 6.18 Å². The van der Waals surface area contributed by atoms with Crippen LogP contribution in [0.1, 0.15) is 0 Å². The van der Waals surface area contributed by atoms with Crippen LogP contribution in [0.4, 0.5) is 13.2 Å². The zero-order chi connectivity index (χ0) is 21.0. The molecule has 1 heterocycles. The van der Waals surface area contributed by atoms with Crippen molar-refractivity contribution in [1.82, 2.24) is 14.8 Å². The van der Waals surface area contributed by atoms with Gasteiger partial charge in [-0.05, 0) is 36.4 Å². The highest BCUT2D eigenvalue weighted by Crippen LogP contribution is 2.32. The molecule has 3 aromatic rings. The van der Waals surface area contributed by atoms with Gasteiger partial charge in [0.15, 0.2) is 17.1 Å². The third-order valence-electron chi connectivity index (χ3n) is 4.04. The highest BCUT2D eigenvalue weighted by molar-refractivity contribution is 7.99. The van der Waals surface area contributed by atoms with Gasteiger partial charge in [-0.2, -0.15) is 13.2 Å². The van der Waals surface area contributed by atoms with Crippen LogP contribution in [0.25, 0.3) is 17.1 Å². The molecule has 10 heteroatoms. The monoisotopic (exact) mass is 425 g/mol. The van der Waals surface area contributed by atoms with Crippen LogP contribution in [0.15, 0.2) is 53.7 Å². The van der Waals surface area contributed by atoms with Gasteiger partial charge in [0, 0.05) is 17.4 Å². The number of aliphatic hydroxyl groups excluding tert-OH is 1. The molecule has 29 heavy (non-hydrogen) atoms. The maximum Gasteiger partial charge on any atom is 0.415 e. The van der Waals surface area contributed by atoms with Gasteiger partial charge in [0.1, 0.15) is 11.5 Å². The van der Waals surface area contributed by atoms with E-state index in [1.807, 2.05) is 0 Å². The van der Waals surface area contributed by atoms with E-state index in [1.54, 1.807) is 60.2 Å². The number of halogens is 3. The zero-order valence-electron chi connectivity index (χ0n) is 15.6. The molecule has 0 fully saturated rings. The van der Waals surface area contributed by atoms with Gasteiger partial charge in [-0.25, -0.2) is 0 Å². The van der Waals surface area contributed by atoms with Gasteiger partial charge in [-0.3, -0.25) is 4.57 Å². The predicted molar refractivity (Wildman–Crippen MR) is 103 cm³/mol. The van der Waals surface area contributed by atoms with Gasteiger partial charge in [0.05, 0.1) is 19.9 Å². The van der Waals surface area contributed by atoms with Gasteiger partial charge in [0.25, 0.3) is 0 Å². The molecule has 154 valence electrons. The summed E-state index contributed by atoms with van der Waals surface area (Å²) in [5.41, 5.74) is 1.31. The lowest BCUT2D eigenvalue weighted by molar-refractivity contribution is -0.195. The predicted octanol–water partition coefficient (Wildman–Crippen LogP) is 3.97. The summed E-state index contributed by atoms with van der Waals surface area (Å²) in [7, 11) is 3.07. The quantitative estimate of drug-likeness (QED) is 0.578. The van der Waals surface area contributed by atoms with Crippen LogP contribution in [0.5, 0.6) is 11.5 Å². The molecule has 0 spiro atoms. The maximum absolute atomic E-state index is 12.7. The minimum atomic E-state index is -4.70. The molecular weight excluding hydrogens is 407 g/mol. The number of nitrogens with zero attached hydrogens (tertiary/aromatic N) is 3. The third-order valence-corrected chi connectivity index (χ3v) is 5.05. The molecule has 1 aromatic heterocycles. The second kappa shape index (κ2) is 8.75. The van der Waals surface area contributed by atoms with E-state index in [4.69, 9.17) is 9.47 Å². The van der Waals surface area contributed by atoms with E-state index in [-0.39, 0.29) is 5.16 Å². The standard InChI is InChI=1S/C19H18F3N3O3S/c1-27-14-8-6-12(7-9-14)17-23-24-18(29-11-16(26)19(20,21)22)25(17)13-4-3-5-15(10-13)28-2/h3-10,16,26H,11H2,1-2H3. The lowest BCUT2D eigenvalue weighted by Gasteiger charge is -2.15. The van der Waals surface area contributed by atoms with E-state index < -0.39 is 18.0 Å². The van der Waals surface area contributed by atoms with Crippen molar-refractivity contribution >= 4 is 11.8 Å². The highest BCUT2D eigenvalue weighted by atomic mass is 32.2. The first-order valence-corrected chi connectivity index (χ1v) is 9.44. The number of aromatic nitrogens is 3. The van der Waals surface area contributed by atoms with Crippen LogP contribution in [0.3, 0.4) is 0 Å². The number of rotatable bonds is 7. The Bertz CT molecular complexity index is 961. The number of hydrogen-bond donors (Lipinski definition) is 1. The van der Waals surface area contributed by atoms with Crippen molar-refractivity contribution in [2.45, 2.75) is 17.4 Å². The summed E-state index contributed by atoms with van der Waals surface area (Å²) >= 11 is 0.767. The van der Waals surface area contributed by atoms with E-state index in [9.17, 15) is 18.3 Å². The highest BCUT2D eigenvalue weighted by Gasteiger charge is 2.38. The Morgan fingerprint density at radius 2 is 1.72 bits per heavy atom. The van der Waals surface area contributed by atoms with Crippen LogP contribution in [-0.4, -0.2) is 52.1 Å². The molecule has 0 aliphatic heterocycles. The van der Waals surface area contributed by atoms with E-state index in [1.165, 1.54) is 7.11 Å². The van der Waals surface area contributed by atoms with Crippen molar-refractivity contribution in [2.75, 3.05) is 20.0 Å². The maximum atomic E-state index is 12.7. The molecule has 0 aliphatic carbocycles. The van der Waals surface area contributed by atoms with E-state index >= 15 is 0 Å². The molecule has 0 bridgehead atoms. The summed E-state index contributed by atoms with van der Waals surface area (Å²) in [4.78, 5) is 0. The van der Waals surface area contributed by atoms with E-state index in [0.717, 1.165) is 11.8 Å². The Morgan fingerprint density at radius 3 is 2.34 bits per heavy atom. The zero-order valence-corrected chi connectivity index (χ0v) is 16.4. The summed E-state index contributed by atoms with van der Waals surface area (Å²) in [6.45, 7) is 0. The third kappa shape index (κ3) is 4.83. The number of alkyl halides is 3. The summed E-state index contributed by atoms with van der Waals surface area (Å²) in [5.74, 6) is 1.06. The van der Waals surface area contributed by atoms with Crippen molar-refractivity contribution in [1.29, 1.82) is 0 Å². The summed E-state index contributed by atoms with van der Waals surface area (Å²) in [6, 6.07) is 14.0. The largest absolute Gasteiger partial charge is 0.497 e. The van der Waals surface area contributed by atoms with Crippen LogP contribution < -0.4 is 9.47 Å². The van der Waals surface area contributed by atoms with Crippen molar-refractivity contribution in [2.24, 2.45) is 0 Å². The van der Waals surface area contributed by atoms with Crippen LogP contribution in [-0.2, 0) is 0 Å². The average Bonchev–Trinajstić information content (AvgIpc) is 3.15. The molecule has 0 radical (unpaired) electrons. The summed E-state index contributed by atoms with van der Waals surface area (Å²) < 4.78 is 50.1. The lowest BCUT2D eigenvalue weighted by atomic mass is 10.2.